The number of halogens is 3. The van der Waals surface area contributed by atoms with Crippen molar-refractivity contribution < 1.29 is 18.0 Å². The predicted octanol–water partition coefficient (Wildman–Crippen LogP) is 1.46. The van der Waals surface area contributed by atoms with Crippen LogP contribution in [-0.2, 0) is 6.18 Å². The Hall–Kier alpha value is -1.76. The first kappa shape index (κ1) is 14.2. The summed E-state index contributed by atoms with van der Waals surface area (Å²) in [5, 5.41) is 3.29. The molecule has 1 aromatic carbocycles. The number of nitrogens with zero attached hydrogens (tertiary/aromatic N) is 1. The number of nitrogens with two attached hydrogens (primary N) is 1. The lowest BCUT2D eigenvalue weighted by atomic mass is 10.0. The number of anilines is 1. The minimum atomic E-state index is -4.59. The summed E-state index contributed by atoms with van der Waals surface area (Å²) < 4.78 is 39.2. The second kappa shape index (κ2) is 4.91. The fourth-order valence-corrected chi connectivity index (χ4v) is 3.24. The average molecular weight is 299 g/mol. The molecule has 2 aliphatic rings. The summed E-state index contributed by atoms with van der Waals surface area (Å²) in [5.41, 5.74) is 4.10. The van der Waals surface area contributed by atoms with E-state index in [1.807, 2.05) is 4.90 Å². The van der Waals surface area contributed by atoms with Crippen molar-refractivity contribution in [2.24, 2.45) is 17.6 Å². The highest BCUT2D eigenvalue weighted by Gasteiger charge is 2.38. The molecule has 0 radical (unpaired) electrons. The Morgan fingerprint density at radius 1 is 1.24 bits per heavy atom. The van der Waals surface area contributed by atoms with E-state index in [1.165, 1.54) is 6.07 Å². The van der Waals surface area contributed by atoms with E-state index in [0.717, 1.165) is 32.2 Å². The zero-order valence-corrected chi connectivity index (χ0v) is 11.3. The van der Waals surface area contributed by atoms with Gasteiger partial charge < -0.3 is 16.0 Å². The van der Waals surface area contributed by atoms with E-state index in [2.05, 4.69) is 5.32 Å². The molecular formula is C14H16F3N3O. The number of carbonyl (C=O) groups is 1. The third-order valence-corrected chi connectivity index (χ3v) is 4.33. The van der Waals surface area contributed by atoms with Gasteiger partial charge in [0.25, 0.3) is 0 Å². The highest BCUT2D eigenvalue weighted by molar-refractivity contribution is 5.95. The van der Waals surface area contributed by atoms with Gasteiger partial charge in [0.05, 0.1) is 11.1 Å². The number of fused-ring (bicyclic) bond motifs is 1. The van der Waals surface area contributed by atoms with Crippen molar-refractivity contribution >= 4 is 11.6 Å². The minimum absolute atomic E-state index is 0.479. The van der Waals surface area contributed by atoms with Crippen LogP contribution >= 0.6 is 0 Å². The topological polar surface area (TPSA) is 58.4 Å². The SMILES string of the molecule is NC(=O)c1ccc(N2C[C@H]3CNC[C@H]3C2)cc1C(F)(F)F. The first-order chi connectivity index (χ1) is 9.86. The predicted molar refractivity (Wildman–Crippen MR) is 72.0 cm³/mol. The average Bonchev–Trinajstić information content (AvgIpc) is 2.97. The summed E-state index contributed by atoms with van der Waals surface area (Å²) in [4.78, 5) is 13.1. The van der Waals surface area contributed by atoms with Crippen molar-refractivity contribution in [3.05, 3.63) is 29.3 Å². The smallest absolute Gasteiger partial charge is 0.371 e. The molecule has 7 heteroatoms. The maximum Gasteiger partial charge on any atom is 0.417 e. The molecule has 2 atom stereocenters. The molecule has 114 valence electrons. The van der Waals surface area contributed by atoms with Crippen LogP contribution < -0.4 is 16.0 Å². The molecule has 0 aromatic heterocycles. The van der Waals surface area contributed by atoms with Crippen molar-refractivity contribution in [2.75, 3.05) is 31.1 Å². The number of rotatable bonds is 2. The van der Waals surface area contributed by atoms with Gasteiger partial charge in [-0.25, -0.2) is 0 Å². The van der Waals surface area contributed by atoms with Crippen LogP contribution in [0.3, 0.4) is 0 Å². The van der Waals surface area contributed by atoms with Gasteiger partial charge in [0, 0.05) is 31.9 Å². The number of hydrogen-bond donors (Lipinski definition) is 2. The molecule has 4 nitrogen and oxygen atoms in total. The Labute approximate surface area is 120 Å². The molecule has 2 fully saturated rings. The molecule has 21 heavy (non-hydrogen) atoms. The number of alkyl halides is 3. The van der Waals surface area contributed by atoms with Crippen LogP contribution in [0.1, 0.15) is 15.9 Å². The van der Waals surface area contributed by atoms with Crippen molar-refractivity contribution in [3.8, 4) is 0 Å². The Balaban J connectivity index is 1.92. The van der Waals surface area contributed by atoms with Gasteiger partial charge in [0.2, 0.25) is 5.91 Å². The standard InChI is InChI=1S/C14H16F3N3O/c15-14(16,17)12-3-10(1-2-11(12)13(18)21)20-6-8-4-19-5-9(8)7-20/h1-3,8-9,19H,4-7H2,(H2,18,21)/t8-,9+. The normalized spacial score (nSPS) is 25.2. The quantitative estimate of drug-likeness (QED) is 0.869. The van der Waals surface area contributed by atoms with Gasteiger partial charge in [-0.05, 0) is 30.0 Å². The molecule has 2 heterocycles. The minimum Gasteiger partial charge on any atom is -0.371 e. The number of benzene rings is 1. The molecule has 1 amide bonds. The highest BCUT2D eigenvalue weighted by atomic mass is 19.4. The monoisotopic (exact) mass is 299 g/mol. The molecule has 0 saturated carbocycles. The Kier molecular flexibility index (Phi) is 3.32. The largest absolute Gasteiger partial charge is 0.417 e. The van der Waals surface area contributed by atoms with Crippen molar-refractivity contribution in [1.29, 1.82) is 0 Å². The summed E-state index contributed by atoms with van der Waals surface area (Å²) in [6.07, 6.45) is -4.59. The number of amides is 1. The van der Waals surface area contributed by atoms with E-state index in [1.54, 1.807) is 6.07 Å². The zero-order valence-electron chi connectivity index (χ0n) is 11.3. The van der Waals surface area contributed by atoms with E-state index in [0.29, 0.717) is 17.5 Å². The summed E-state index contributed by atoms with van der Waals surface area (Å²) >= 11 is 0. The fraction of sp³-hybridized carbons (Fsp3) is 0.500. The van der Waals surface area contributed by atoms with Crippen molar-refractivity contribution in [3.63, 3.8) is 0 Å². The Bertz CT molecular complexity index is 561. The van der Waals surface area contributed by atoms with Crippen LogP contribution in [0.2, 0.25) is 0 Å². The van der Waals surface area contributed by atoms with Gasteiger partial charge in [0.1, 0.15) is 0 Å². The second-order valence-corrected chi connectivity index (χ2v) is 5.68. The molecular weight excluding hydrogens is 283 g/mol. The molecule has 0 unspecified atom stereocenters. The molecule has 1 aromatic rings. The van der Waals surface area contributed by atoms with Gasteiger partial charge in [-0.2, -0.15) is 13.2 Å². The number of primary amides is 1. The molecule has 2 saturated heterocycles. The maximum absolute atomic E-state index is 13.1. The lowest BCUT2D eigenvalue weighted by Gasteiger charge is -2.22. The summed E-state index contributed by atoms with van der Waals surface area (Å²) in [6.45, 7) is 3.30. The van der Waals surface area contributed by atoms with E-state index in [9.17, 15) is 18.0 Å². The van der Waals surface area contributed by atoms with E-state index < -0.39 is 23.2 Å². The van der Waals surface area contributed by atoms with Gasteiger partial charge in [-0.1, -0.05) is 0 Å². The molecule has 3 N–H and O–H groups in total. The first-order valence-corrected chi connectivity index (χ1v) is 6.83. The third-order valence-electron chi connectivity index (χ3n) is 4.33. The molecule has 3 rings (SSSR count). The van der Waals surface area contributed by atoms with Gasteiger partial charge >= 0.3 is 6.18 Å². The molecule has 0 bridgehead atoms. The lowest BCUT2D eigenvalue weighted by molar-refractivity contribution is -0.137. The Morgan fingerprint density at radius 2 is 1.86 bits per heavy atom. The summed E-state index contributed by atoms with van der Waals surface area (Å²) in [7, 11) is 0. The molecule has 0 aliphatic carbocycles. The summed E-state index contributed by atoms with van der Waals surface area (Å²) in [5.74, 6) is -0.0957. The van der Waals surface area contributed by atoms with Crippen LogP contribution in [0.5, 0.6) is 0 Å². The number of carbonyl (C=O) groups excluding carboxylic acids is 1. The fourth-order valence-electron chi connectivity index (χ4n) is 3.24. The van der Waals surface area contributed by atoms with Gasteiger partial charge in [-0.15, -0.1) is 0 Å². The third kappa shape index (κ3) is 2.57. The maximum atomic E-state index is 13.1. The van der Waals surface area contributed by atoms with E-state index >= 15 is 0 Å². The second-order valence-electron chi connectivity index (χ2n) is 5.68. The van der Waals surface area contributed by atoms with Gasteiger partial charge in [-0.3, -0.25) is 4.79 Å². The van der Waals surface area contributed by atoms with Crippen LogP contribution in [0.4, 0.5) is 18.9 Å². The van der Waals surface area contributed by atoms with E-state index in [4.69, 9.17) is 5.73 Å². The zero-order chi connectivity index (χ0) is 15.2. The van der Waals surface area contributed by atoms with E-state index in [-0.39, 0.29) is 0 Å². The highest BCUT2D eigenvalue weighted by Crippen LogP contribution is 2.37. The van der Waals surface area contributed by atoms with Crippen molar-refractivity contribution in [1.82, 2.24) is 5.32 Å². The Morgan fingerprint density at radius 3 is 2.38 bits per heavy atom. The van der Waals surface area contributed by atoms with Crippen LogP contribution in [0, 0.1) is 11.8 Å². The lowest BCUT2D eigenvalue weighted by Crippen LogP contribution is -2.26. The number of nitrogens with one attached hydrogen (secondary N) is 1. The van der Waals surface area contributed by atoms with Crippen LogP contribution in [0.15, 0.2) is 18.2 Å². The first-order valence-electron chi connectivity index (χ1n) is 6.83. The van der Waals surface area contributed by atoms with Crippen LogP contribution in [-0.4, -0.2) is 32.1 Å². The van der Waals surface area contributed by atoms with Crippen LogP contribution in [0.25, 0.3) is 0 Å². The number of hydrogen-bond acceptors (Lipinski definition) is 3. The molecule has 0 spiro atoms. The van der Waals surface area contributed by atoms with Crippen molar-refractivity contribution in [2.45, 2.75) is 6.18 Å². The van der Waals surface area contributed by atoms with Gasteiger partial charge in [0.15, 0.2) is 0 Å². The molecule has 2 aliphatic heterocycles. The summed E-state index contributed by atoms with van der Waals surface area (Å²) in [6, 6.07) is 3.76.